The molecular weight excluding hydrogens is 432 g/mol. The molecule has 0 saturated heterocycles. The summed E-state index contributed by atoms with van der Waals surface area (Å²) in [4.78, 5) is 15.9. The summed E-state index contributed by atoms with van der Waals surface area (Å²) in [7, 11) is 0. The molecule has 1 fully saturated rings. The van der Waals surface area contributed by atoms with E-state index in [4.69, 9.17) is 0 Å². The lowest BCUT2D eigenvalue weighted by Crippen LogP contribution is -2.37. The van der Waals surface area contributed by atoms with Crippen molar-refractivity contribution in [3.8, 4) is 0 Å². The van der Waals surface area contributed by atoms with E-state index in [9.17, 15) is 9.90 Å². The summed E-state index contributed by atoms with van der Waals surface area (Å²) >= 11 is 3.25. The maximum atomic E-state index is 13.5. The number of aliphatic hydroxyl groups is 1. The Balaban J connectivity index is 1.91. The molecule has 1 aromatic rings. The van der Waals surface area contributed by atoms with Gasteiger partial charge < -0.3 is 5.11 Å². The van der Waals surface area contributed by atoms with Crippen molar-refractivity contribution in [2.24, 2.45) is 17.3 Å². The monoisotopic (exact) mass is 472 g/mol. The van der Waals surface area contributed by atoms with Crippen LogP contribution in [0, 0.1) is 17.3 Å². The molecule has 1 N–H and O–H groups in total. The van der Waals surface area contributed by atoms with Gasteiger partial charge in [-0.2, -0.15) is 0 Å². The molecule has 1 aromatic carbocycles. The fraction of sp³-hybridized carbons (Fsp3) is 0.607. The molecule has 1 unspecified atom stereocenters. The van der Waals surface area contributed by atoms with E-state index in [-0.39, 0.29) is 22.2 Å². The van der Waals surface area contributed by atoms with Gasteiger partial charge >= 0.3 is 0 Å². The number of thioether (sulfide) groups is 2. The maximum absolute atomic E-state index is 13.5. The lowest BCUT2D eigenvalue weighted by atomic mass is 9.65. The van der Waals surface area contributed by atoms with Crippen LogP contribution < -0.4 is 0 Å². The summed E-state index contributed by atoms with van der Waals surface area (Å²) in [5.41, 5.74) is 2.60. The first kappa shape index (κ1) is 25.6. The molecule has 0 aliphatic heterocycles. The van der Waals surface area contributed by atoms with E-state index in [1.54, 1.807) is 11.8 Å². The predicted octanol–water partition coefficient (Wildman–Crippen LogP) is 8.02. The van der Waals surface area contributed by atoms with Crippen LogP contribution >= 0.6 is 23.5 Å². The van der Waals surface area contributed by atoms with Gasteiger partial charge in [-0.25, -0.2) is 0 Å². The van der Waals surface area contributed by atoms with E-state index in [0.29, 0.717) is 11.0 Å². The van der Waals surface area contributed by atoms with E-state index in [1.807, 2.05) is 6.07 Å². The number of rotatable bonds is 8. The Bertz CT molecular complexity index is 852. The number of benzene rings is 1. The van der Waals surface area contributed by atoms with E-state index in [0.717, 1.165) is 49.9 Å². The Morgan fingerprint density at radius 3 is 2.56 bits per heavy atom. The molecule has 0 aromatic heterocycles. The van der Waals surface area contributed by atoms with Crippen LogP contribution in [0.2, 0.25) is 0 Å². The highest BCUT2D eigenvalue weighted by Crippen LogP contribution is 2.60. The minimum Gasteiger partial charge on any atom is -0.388 e. The fourth-order valence-corrected chi connectivity index (χ4v) is 7.81. The van der Waals surface area contributed by atoms with Crippen molar-refractivity contribution in [2.45, 2.75) is 95.3 Å². The van der Waals surface area contributed by atoms with Crippen LogP contribution in [0.1, 0.15) is 79.6 Å². The van der Waals surface area contributed by atoms with Gasteiger partial charge in [0.2, 0.25) is 0 Å². The van der Waals surface area contributed by atoms with Crippen LogP contribution in [0.4, 0.5) is 0 Å². The largest absolute Gasteiger partial charge is 0.388 e. The van der Waals surface area contributed by atoms with Crippen molar-refractivity contribution in [1.29, 1.82) is 0 Å². The van der Waals surface area contributed by atoms with Crippen LogP contribution in [0.5, 0.6) is 0 Å². The SMILES string of the molecule is C=C(C)CCC[C@@H](C(=O)SC(C)(C)C)C1CCC2=C(Sc3ccccc3)[C@@H](O)CC[C@@]21C. The molecule has 3 rings (SSSR count). The highest BCUT2D eigenvalue weighted by atomic mass is 32.2. The molecule has 1 saturated carbocycles. The van der Waals surface area contributed by atoms with Gasteiger partial charge in [0.25, 0.3) is 0 Å². The molecule has 4 atom stereocenters. The van der Waals surface area contributed by atoms with Crippen molar-refractivity contribution in [3.05, 3.63) is 53.0 Å². The average molecular weight is 473 g/mol. The first-order chi connectivity index (χ1) is 15.0. The van der Waals surface area contributed by atoms with Crippen LogP contribution in [0.25, 0.3) is 0 Å². The Morgan fingerprint density at radius 2 is 1.94 bits per heavy atom. The number of hydrogen-bond donors (Lipinski definition) is 1. The molecule has 0 bridgehead atoms. The molecule has 2 aliphatic rings. The number of aliphatic hydroxyl groups excluding tert-OH is 1. The third-order valence-electron chi connectivity index (χ3n) is 7.04. The van der Waals surface area contributed by atoms with Gasteiger partial charge in [0.1, 0.15) is 0 Å². The maximum Gasteiger partial charge on any atom is 0.192 e. The molecule has 4 heteroatoms. The molecule has 0 amide bonds. The van der Waals surface area contributed by atoms with E-state index >= 15 is 0 Å². The van der Waals surface area contributed by atoms with Crippen LogP contribution in [0.3, 0.4) is 0 Å². The first-order valence-electron chi connectivity index (χ1n) is 12.0. The quantitative estimate of drug-likeness (QED) is 0.389. The number of hydrogen-bond acceptors (Lipinski definition) is 4. The normalized spacial score (nSPS) is 26.7. The van der Waals surface area contributed by atoms with Crippen molar-refractivity contribution in [2.75, 3.05) is 0 Å². The zero-order chi connectivity index (χ0) is 23.5. The molecule has 2 aliphatic carbocycles. The lowest BCUT2D eigenvalue weighted by molar-refractivity contribution is -0.117. The van der Waals surface area contributed by atoms with E-state index in [2.05, 4.69) is 65.5 Å². The second-order valence-corrected chi connectivity index (χ2v) is 13.8. The minimum atomic E-state index is -0.386. The van der Waals surface area contributed by atoms with Gasteiger partial charge in [0.05, 0.1) is 6.10 Å². The summed E-state index contributed by atoms with van der Waals surface area (Å²) in [5.74, 6) is 0.420. The summed E-state index contributed by atoms with van der Waals surface area (Å²) in [5, 5.41) is 11.3. The van der Waals surface area contributed by atoms with Gasteiger partial charge in [0.15, 0.2) is 5.12 Å². The Morgan fingerprint density at radius 1 is 1.25 bits per heavy atom. The standard InChI is InChI=1S/C28H40O2S2/c1-19(2)11-10-14-21(26(30)32-27(3,4)5)22-15-16-23-25(24(29)17-18-28(22,23)6)31-20-12-8-7-9-13-20/h7-9,12-13,21-22,24,29H,1,10-11,14-18H2,2-6H3/t21-,22?,24+,28-/m1/s1. The third-order valence-corrected chi connectivity index (χ3v) is 9.40. The Hall–Kier alpha value is -0.970. The van der Waals surface area contributed by atoms with Gasteiger partial charge in [-0.15, -0.1) is 6.58 Å². The number of carbonyl (C=O) groups excluding carboxylic acids is 1. The van der Waals surface area contributed by atoms with Gasteiger partial charge in [-0.1, -0.05) is 80.6 Å². The predicted molar refractivity (Wildman–Crippen MR) is 140 cm³/mol. The number of carbonyl (C=O) groups is 1. The number of fused-ring (bicyclic) bond motifs is 1. The van der Waals surface area contributed by atoms with Crippen LogP contribution in [0.15, 0.2) is 57.9 Å². The molecule has 0 spiro atoms. The smallest absolute Gasteiger partial charge is 0.192 e. The Labute approximate surface area is 203 Å². The molecular formula is C28H40O2S2. The second-order valence-electron chi connectivity index (χ2n) is 10.9. The molecule has 176 valence electrons. The summed E-state index contributed by atoms with van der Waals surface area (Å²) in [6.45, 7) is 14.9. The zero-order valence-corrected chi connectivity index (χ0v) is 22.1. The average Bonchev–Trinajstić information content (AvgIpc) is 3.04. The summed E-state index contributed by atoms with van der Waals surface area (Å²) in [6, 6.07) is 10.4. The molecule has 32 heavy (non-hydrogen) atoms. The van der Waals surface area contributed by atoms with Crippen LogP contribution in [-0.2, 0) is 4.79 Å². The lowest BCUT2D eigenvalue weighted by Gasteiger charge is -2.42. The van der Waals surface area contributed by atoms with Gasteiger partial charge in [-0.3, -0.25) is 4.79 Å². The van der Waals surface area contributed by atoms with Crippen molar-refractivity contribution in [1.82, 2.24) is 0 Å². The molecule has 2 nitrogen and oxygen atoms in total. The molecule has 0 radical (unpaired) electrons. The van der Waals surface area contributed by atoms with Crippen LogP contribution in [-0.4, -0.2) is 21.1 Å². The van der Waals surface area contributed by atoms with Crippen molar-refractivity contribution >= 4 is 28.6 Å². The van der Waals surface area contributed by atoms with Crippen molar-refractivity contribution < 1.29 is 9.90 Å². The first-order valence-corrected chi connectivity index (χ1v) is 13.7. The minimum absolute atomic E-state index is 0.00165. The highest BCUT2D eigenvalue weighted by Gasteiger charge is 2.51. The zero-order valence-electron chi connectivity index (χ0n) is 20.4. The molecule has 0 heterocycles. The van der Waals surface area contributed by atoms with E-state index in [1.165, 1.54) is 27.8 Å². The van der Waals surface area contributed by atoms with E-state index < -0.39 is 0 Å². The van der Waals surface area contributed by atoms with Gasteiger partial charge in [0, 0.05) is 20.5 Å². The van der Waals surface area contributed by atoms with Gasteiger partial charge in [-0.05, 0) is 75.3 Å². The highest BCUT2D eigenvalue weighted by molar-refractivity contribution is 8.14. The summed E-state index contributed by atoms with van der Waals surface area (Å²) < 4.78 is -0.0705. The fourth-order valence-electron chi connectivity index (χ4n) is 5.51. The Kier molecular flexibility index (Phi) is 8.44. The van der Waals surface area contributed by atoms with Crippen molar-refractivity contribution in [3.63, 3.8) is 0 Å². The number of allylic oxidation sites excluding steroid dienone is 2. The topological polar surface area (TPSA) is 37.3 Å². The third kappa shape index (κ3) is 6.12. The second kappa shape index (κ2) is 10.5. The summed E-state index contributed by atoms with van der Waals surface area (Å²) in [6.07, 6.45) is 6.36.